The van der Waals surface area contributed by atoms with Crippen LogP contribution in [0.15, 0.2) is 12.3 Å². The van der Waals surface area contributed by atoms with Crippen LogP contribution in [0.25, 0.3) is 0 Å². The third-order valence-corrected chi connectivity index (χ3v) is 3.55. The number of rotatable bonds is 6. The largest absolute Gasteiger partial charge is 0.478 e. The van der Waals surface area contributed by atoms with Crippen LogP contribution < -0.4 is 10.1 Å². The minimum absolute atomic E-state index is 0.439. The number of nitrogens with zero attached hydrogens (tertiary/aromatic N) is 2. The van der Waals surface area contributed by atoms with Crippen molar-refractivity contribution in [1.82, 2.24) is 9.97 Å². The Morgan fingerprint density at radius 2 is 2.22 bits per heavy atom. The van der Waals surface area contributed by atoms with E-state index in [9.17, 15) is 0 Å². The van der Waals surface area contributed by atoms with Crippen molar-refractivity contribution in [3.05, 3.63) is 12.3 Å². The number of ether oxygens (including phenoxy) is 1. The van der Waals surface area contributed by atoms with Gasteiger partial charge >= 0.3 is 0 Å². The van der Waals surface area contributed by atoms with Crippen molar-refractivity contribution in [2.24, 2.45) is 5.92 Å². The Balaban J connectivity index is 1.91. The highest BCUT2D eigenvalue weighted by Crippen LogP contribution is 2.28. The van der Waals surface area contributed by atoms with Crippen LogP contribution in [0.3, 0.4) is 0 Å². The molecule has 1 aromatic heterocycles. The van der Waals surface area contributed by atoms with Gasteiger partial charge in [0.05, 0.1) is 6.61 Å². The van der Waals surface area contributed by atoms with Gasteiger partial charge in [0, 0.05) is 18.3 Å². The average Bonchev–Trinajstić information content (AvgIpc) is 2.91. The molecule has 0 spiro atoms. The molecular weight excluding hydrogens is 226 g/mol. The Kier molecular flexibility index (Phi) is 4.79. The molecule has 0 aliphatic heterocycles. The van der Waals surface area contributed by atoms with Crippen LogP contribution in [0, 0.1) is 5.92 Å². The summed E-state index contributed by atoms with van der Waals surface area (Å²) in [5, 5.41) is 3.40. The van der Waals surface area contributed by atoms with Crippen LogP contribution >= 0.6 is 0 Å². The second kappa shape index (κ2) is 6.57. The van der Waals surface area contributed by atoms with Crippen molar-refractivity contribution in [2.75, 3.05) is 11.9 Å². The first-order valence-corrected chi connectivity index (χ1v) is 7.02. The first-order valence-electron chi connectivity index (χ1n) is 7.02. The molecule has 0 bridgehead atoms. The molecule has 1 N–H and O–H groups in total. The minimum atomic E-state index is 0.439. The summed E-state index contributed by atoms with van der Waals surface area (Å²) in [4.78, 5) is 8.63. The Bertz CT molecular complexity index is 364. The Morgan fingerprint density at radius 3 is 2.94 bits per heavy atom. The summed E-state index contributed by atoms with van der Waals surface area (Å²) in [6.07, 6.45) is 8.10. The number of aromatic nitrogens is 2. The number of anilines is 1. The van der Waals surface area contributed by atoms with E-state index in [1.54, 1.807) is 12.3 Å². The normalized spacial score (nSPS) is 17.7. The standard InChI is InChI=1S/C14H23N3O/c1-3-10-18-13-8-9-15-14(17-13)16-11(2)12-6-4-5-7-12/h8-9,11-12H,3-7,10H2,1-2H3,(H,15,16,17). The molecule has 1 fully saturated rings. The lowest BCUT2D eigenvalue weighted by molar-refractivity contribution is 0.305. The van der Waals surface area contributed by atoms with Gasteiger partial charge in [0.1, 0.15) is 0 Å². The topological polar surface area (TPSA) is 47.0 Å². The molecule has 1 unspecified atom stereocenters. The summed E-state index contributed by atoms with van der Waals surface area (Å²) < 4.78 is 5.51. The van der Waals surface area contributed by atoms with Gasteiger partial charge in [0.15, 0.2) is 0 Å². The molecule has 0 saturated heterocycles. The lowest BCUT2D eigenvalue weighted by Gasteiger charge is -2.20. The summed E-state index contributed by atoms with van der Waals surface area (Å²) in [6.45, 7) is 5.01. The number of hydrogen-bond donors (Lipinski definition) is 1. The maximum atomic E-state index is 5.51. The van der Waals surface area contributed by atoms with E-state index < -0.39 is 0 Å². The van der Waals surface area contributed by atoms with Crippen LogP contribution in [-0.2, 0) is 0 Å². The third kappa shape index (κ3) is 3.59. The predicted molar refractivity (Wildman–Crippen MR) is 72.9 cm³/mol. The van der Waals surface area contributed by atoms with E-state index in [1.165, 1.54) is 25.7 Å². The van der Waals surface area contributed by atoms with Crippen molar-refractivity contribution >= 4 is 5.95 Å². The molecule has 1 heterocycles. The zero-order valence-corrected chi connectivity index (χ0v) is 11.4. The van der Waals surface area contributed by atoms with Crippen LogP contribution in [0.1, 0.15) is 46.0 Å². The van der Waals surface area contributed by atoms with Crippen molar-refractivity contribution in [3.8, 4) is 5.88 Å². The summed E-state index contributed by atoms with van der Waals surface area (Å²) in [5.41, 5.74) is 0. The van der Waals surface area contributed by atoms with Gasteiger partial charge in [0.25, 0.3) is 0 Å². The molecule has 1 atom stereocenters. The molecule has 18 heavy (non-hydrogen) atoms. The van der Waals surface area contributed by atoms with Crippen LogP contribution in [0.2, 0.25) is 0 Å². The quantitative estimate of drug-likeness (QED) is 0.840. The molecule has 0 aromatic carbocycles. The average molecular weight is 249 g/mol. The fourth-order valence-corrected chi connectivity index (χ4v) is 2.48. The van der Waals surface area contributed by atoms with E-state index in [0.29, 0.717) is 24.5 Å². The first-order chi connectivity index (χ1) is 8.79. The molecule has 1 aromatic rings. The molecule has 0 radical (unpaired) electrons. The zero-order chi connectivity index (χ0) is 12.8. The maximum Gasteiger partial charge on any atom is 0.226 e. The highest BCUT2D eigenvalue weighted by atomic mass is 16.5. The summed E-state index contributed by atoms with van der Waals surface area (Å²) >= 11 is 0. The fraction of sp³-hybridized carbons (Fsp3) is 0.714. The Morgan fingerprint density at radius 1 is 1.44 bits per heavy atom. The summed E-state index contributed by atoms with van der Waals surface area (Å²) in [5.74, 6) is 2.10. The smallest absolute Gasteiger partial charge is 0.226 e. The van der Waals surface area contributed by atoms with Gasteiger partial charge < -0.3 is 10.1 Å². The third-order valence-electron chi connectivity index (χ3n) is 3.55. The molecule has 1 aliphatic rings. The Hall–Kier alpha value is -1.32. The van der Waals surface area contributed by atoms with E-state index in [1.807, 2.05) is 0 Å². The summed E-state index contributed by atoms with van der Waals surface area (Å²) in [6, 6.07) is 2.25. The van der Waals surface area contributed by atoms with Gasteiger partial charge in [-0.05, 0) is 32.1 Å². The monoisotopic (exact) mass is 249 g/mol. The number of nitrogens with one attached hydrogen (secondary N) is 1. The zero-order valence-electron chi connectivity index (χ0n) is 11.4. The van der Waals surface area contributed by atoms with E-state index in [0.717, 1.165) is 12.3 Å². The van der Waals surface area contributed by atoms with Crippen LogP contribution in [0.4, 0.5) is 5.95 Å². The molecular formula is C14H23N3O. The summed E-state index contributed by atoms with van der Waals surface area (Å²) in [7, 11) is 0. The van der Waals surface area contributed by atoms with Crippen LogP contribution in [0.5, 0.6) is 5.88 Å². The molecule has 0 amide bonds. The molecule has 4 heteroatoms. The molecule has 1 saturated carbocycles. The van der Waals surface area contributed by atoms with Gasteiger partial charge in [-0.3, -0.25) is 0 Å². The van der Waals surface area contributed by atoms with Gasteiger partial charge in [-0.25, -0.2) is 4.98 Å². The fourth-order valence-electron chi connectivity index (χ4n) is 2.48. The van der Waals surface area contributed by atoms with Gasteiger partial charge in [0.2, 0.25) is 11.8 Å². The first kappa shape index (κ1) is 13.1. The lowest BCUT2D eigenvalue weighted by Crippen LogP contribution is -2.25. The second-order valence-corrected chi connectivity index (χ2v) is 5.04. The molecule has 1 aliphatic carbocycles. The van der Waals surface area contributed by atoms with Crippen molar-refractivity contribution in [2.45, 2.75) is 52.0 Å². The molecule has 4 nitrogen and oxygen atoms in total. The second-order valence-electron chi connectivity index (χ2n) is 5.04. The minimum Gasteiger partial charge on any atom is -0.478 e. The number of hydrogen-bond acceptors (Lipinski definition) is 4. The van der Waals surface area contributed by atoms with E-state index in [2.05, 4.69) is 29.1 Å². The van der Waals surface area contributed by atoms with Gasteiger partial charge in [-0.1, -0.05) is 19.8 Å². The highest BCUT2D eigenvalue weighted by Gasteiger charge is 2.21. The van der Waals surface area contributed by atoms with Gasteiger partial charge in [-0.2, -0.15) is 4.98 Å². The van der Waals surface area contributed by atoms with Crippen molar-refractivity contribution < 1.29 is 4.74 Å². The maximum absolute atomic E-state index is 5.51. The molecule has 2 rings (SSSR count). The van der Waals surface area contributed by atoms with E-state index >= 15 is 0 Å². The highest BCUT2D eigenvalue weighted by molar-refractivity contribution is 5.28. The van der Waals surface area contributed by atoms with Gasteiger partial charge in [-0.15, -0.1) is 0 Å². The van der Waals surface area contributed by atoms with Crippen molar-refractivity contribution in [1.29, 1.82) is 0 Å². The lowest BCUT2D eigenvalue weighted by atomic mass is 10.0. The van der Waals surface area contributed by atoms with Crippen LogP contribution in [-0.4, -0.2) is 22.6 Å². The SMILES string of the molecule is CCCOc1ccnc(NC(C)C2CCCC2)n1. The molecule has 100 valence electrons. The predicted octanol–water partition coefficient (Wildman–Crippen LogP) is 3.26. The van der Waals surface area contributed by atoms with E-state index in [4.69, 9.17) is 4.74 Å². The van der Waals surface area contributed by atoms with E-state index in [-0.39, 0.29) is 0 Å². The Labute approximate surface area is 109 Å². The van der Waals surface area contributed by atoms with Crippen molar-refractivity contribution in [3.63, 3.8) is 0 Å².